The number of halogens is 4. The van der Waals surface area contributed by atoms with Crippen molar-refractivity contribution in [2.75, 3.05) is 0 Å². The van der Waals surface area contributed by atoms with E-state index in [1.54, 1.807) is 12.1 Å². The monoisotopic (exact) mass is 404 g/mol. The first-order valence-electron chi connectivity index (χ1n) is 7.71. The molecule has 3 rings (SSSR count). The summed E-state index contributed by atoms with van der Waals surface area (Å²) in [5.74, 6) is -1.92. The van der Waals surface area contributed by atoms with Crippen LogP contribution in [0.5, 0.6) is 0 Å². The number of benzene rings is 1. The Morgan fingerprint density at radius 2 is 1.92 bits per heavy atom. The highest BCUT2D eigenvalue weighted by Crippen LogP contribution is 2.45. The van der Waals surface area contributed by atoms with Crippen molar-refractivity contribution in [3.05, 3.63) is 34.3 Å². The second-order valence-corrected chi connectivity index (χ2v) is 7.05. The van der Waals surface area contributed by atoms with Crippen molar-refractivity contribution in [1.82, 2.24) is 5.01 Å². The number of fused-ring (bicyclic) bond motifs is 1. The second-order valence-electron chi connectivity index (χ2n) is 6.14. The van der Waals surface area contributed by atoms with Crippen LogP contribution in [0.2, 0.25) is 0 Å². The van der Waals surface area contributed by atoms with Crippen LogP contribution < -0.4 is 0 Å². The molecule has 0 saturated heterocycles. The van der Waals surface area contributed by atoms with E-state index in [0.717, 1.165) is 10.9 Å². The average Bonchev–Trinajstić information content (AvgIpc) is 2.67. The van der Waals surface area contributed by atoms with Crippen LogP contribution in [-0.2, 0) is 0 Å². The fraction of sp³-hybridized carbons (Fsp3) is 0.500. The molecule has 24 heavy (non-hydrogen) atoms. The van der Waals surface area contributed by atoms with Gasteiger partial charge in [-0.2, -0.15) is 23.3 Å². The van der Waals surface area contributed by atoms with Gasteiger partial charge in [-0.05, 0) is 43.5 Å². The van der Waals surface area contributed by atoms with Gasteiger partial charge in [0.25, 0.3) is 5.91 Å². The van der Waals surface area contributed by atoms with E-state index in [0.29, 0.717) is 17.9 Å². The summed E-state index contributed by atoms with van der Waals surface area (Å²) in [4.78, 5) is 12.7. The van der Waals surface area contributed by atoms with Crippen molar-refractivity contribution >= 4 is 27.5 Å². The van der Waals surface area contributed by atoms with Crippen LogP contribution in [0.4, 0.5) is 13.2 Å². The highest BCUT2D eigenvalue weighted by molar-refractivity contribution is 9.10. The quantitative estimate of drug-likeness (QED) is 0.765. The molecule has 1 aliphatic heterocycles. The number of hydrogen-bond donors (Lipinski definition) is 1. The maximum atomic E-state index is 13.3. The molecule has 0 spiro atoms. The van der Waals surface area contributed by atoms with Gasteiger partial charge in [-0.1, -0.05) is 28.8 Å². The highest BCUT2D eigenvalue weighted by Gasteiger charge is 2.59. The molecule has 4 nitrogen and oxygen atoms in total. The van der Waals surface area contributed by atoms with Gasteiger partial charge in [-0.3, -0.25) is 4.79 Å². The predicted molar refractivity (Wildman–Crippen MR) is 85.3 cm³/mol. The predicted octanol–water partition coefficient (Wildman–Crippen LogP) is 4.09. The molecule has 1 heterocycles. The first-order chi connectivity index (χ1) is 11.2. The third kappa shape index (κ3) is 2.97. The van der Waals surface area contributed by atoms with Gasteiger partial charge < -0.3 is 5.11 Å². The van der Waals surface area contributed by atoms with Crippen molar-refractivity contribution in [2.45, 2.75) is 44.0 Å². The number of rotatable bonds is 1. The number of hydrogen-bond acceptors (Lipinski definition) is 3. The number of amides is 1. The highest BCUT2D eigenvalue weighted by atomic mass is 79.9. The van der Waals surface area contributed by atoms with Crippen LogP contribution in [-0.4, -0.2) is 33.6 Å². The molecule has 0 bridgehead atoms. The van der Waals surface area contributed by atoms with E-state index in [1.807, 2.05) is 0 Å². The molecule has 0 aromatic heterocycles. The Bertz CT molecular complexity index is 675. The minimum atomic E-state index is -4.67. The Morgan fingerprint density at radius 3 is 2.54 bits per heavy atom. The lowest BCUT2D eigenvalue weighted by Crippen LogP contribution is -2.51. The normalized spacial score (nSPS) is 27.5. The van der Waals surface area contributed by atoms with E-state index in [-0.39, 0.29) is 18.4 Å². The summed E-state index contributed by atoms with van der Waals surface area (Å²) in [6.07, 6.45) is -2.57. The van der Waals surface area contributed by atoms with Crippen molar-refractivity contribution in [2.24, 2.45) is 11.0 Å². The summed E-state index contributed by atoms with van der Waals surface area (Å²) >= 11 is 3.24. The lowest BCUT2D eigenvalue weighted by atomic mass is 9.87. The van der Waals surface area contributed by atoms with Crippen LogP contribution in [0.3, 0.4) is 0 Å². The largest absolute Gasteiger partial charge is 0.431 e. The Morgan fingerprint density at radius 1 is 1.25 bits per heavy atom. The Kier molecular flexibility index (Phi) is 4.46. The third-order valence-corrected chi connectivity index (χ3v) is 5.10. The number of nitrogens with zero attached hydrogens (tertiary/aromatic N) is 2. The maximum Gasteiger partial charge on any atom is 0.431 e. The van der Waals surface area contributed by atoms with Gasteiger partial charge in [0, 0.05) is 10.0 Å². The molecule has 8 heteroatoms. The molecule has 1 aromatic rings. The van der Waals surface area contributed by atoms with Gasteiger partial charge in [0.15, 0.2) is 5.72 Å². The minimum Gasteiger partial charge on any atom is -0.368 e. The number of hydrazone groups is 1. The molecule has 2 aliphatic rings. The molecule has 1 amide bonds. The SMILES string of the molecule is O=C(c1ccc(Br)cc1)N1N=C(C(F)(F)F)[C@H]2CCCCC[C@@]21O. The number of carbonyl (C=O) groups is 1. The molecule has 1 aromatic carbocycles. The van der Waals surface area contributed by atoms with Crippen molar-refractivity contribution in [3.63, 3.8) is 0 Å². The fourth-order valence-electron chi connectivity index (χ4n) is 3.38. The first-order valence-corrected chi connectivity index (χ1v) is 8.51. The molecule has 0 unspecified atom stereocenters. The third-order valence-electron chi connectivity index (χ3n) is 4.57. The Labute approximate surface area is 145 Å². The number of alkyl halides is 3. The topological polar surface area (TPSA) is 52.9 Å². The standard InChI is InChI=1S/C16H16BrF3N2O2/c17-11-7-5-10(6-8-11)14(23)22-15(24)9-3-1-2-4-12(15)13(21-22)16(18,19)20/h5-8,12,24H,1-4,9H2/t12-,15-/m1/s1. The van der Waals surface area contributed by atoms with Crippen LogP contribution >= 0.6 is 15.9 Å². The van der Waals surface area contributed by atoms with Gasteiger partial charge in [-0.15, -0.1) is 0 Å². The second kappa shape index (κ2) is 6.15. The summed E-state index contributed by atoms with van der Waals surface area (Å²) in [5, 5.41) is 15.1. The van der Waals surface area contributed by atoms with Gasteiger partial charge in [0.05, 0.1) is 5.92 Å². The van der Waals surface area contributed by atoms with Crippen LogP contribution in [0.25, 0.3) is 0 Å². The zero-order chi connectivity index (χ0) is 17.5. The molecular formula is C16H16BrF3N2O2. The van der Waals surface area contributed by atoms with Crippen molar-refractivity contribution in [3.8, 4) is 0 Å². The zero-order valence-corrected chi connectivity index (χ0v) is 14.3. The lowest BCUT2D eigenvalue weighted by molar-refractivity contribution is -0.108. The first kappa shape index (κ1) is 17.4. The lowest BCUT2D eigenvalue weighted by Gasteiger charge is -2.35. The molecule has 2 atom stereocenters. The molecule has 0 radical (unpaired) electrons. The van der Waals surface area contributed by atoms with Gasteiger partial charge in [-0.25, -0.2) is 0 Å². The smallest absolute Gasteiger partial charge is 0.368 e. The summed E-state index contributed by atoms with van der Waals surface area (Å²) in [7, 11) is 0. The van der Waals surface area contributed by atoms with Crippen molar-refractivity contribution < 1.29 is 23.1 Å². The number of aliphatic hydroxyl groups is 1. The summed E-state index contributed by atoms with van der Waals surface area (Å²) in [6.45, 7) is 0. The van der Waals surface area contributed by atoms with Crippen molar-refractivity contribution in [1.29, 1.82) is 0 Å². The molecule has 1 N–H and O–H groups in total. The van der Waals surface area contributed by atoms with Crippen LogP contribution in [0, 0.1) is 5.92 Å². The van der Waals surface area contributed by atoms with E-state index in [9.17, 15) is 23.1 Å². The van der Waals surface area contributed by atoms with Gasteiger partial charge in [0.1, 0.15) is 5.71 Å². The molecule has 130 valence electrons. The zero-order valence-electron chi connectivity index (χ0n) is 12.7. The van der Waals surface area contributed by atoms with Crippen LogP contribution in [0.1, 0.15) is 42.5 Å². The van der Waals surface area contributed by atoms with E-state index in [2.05, 4.69) is 21.0 Å². The van der Waals surface area contributed by atoms with E-state index < -0.39 is 29.4 Å². The molecule has 1 saturated carbocycles. The summed E-state index contributed by atoms with van der Waals surface area (Å²) in [6, 6.07) is 6.21. The number of carbonyl (C=O) groups excluding carboxylic acids is 1. The summed E-state index contributed by atoms with van der Waals surface area (Å²) < 4.78 is 40.8. The molecule has 1 fully saturated rings. The maximum absolute atomic E-state index is 13.3. The van der Waals surface area contributed by atoms with Gasteiger partial charge in [0.2, 0.25) is 0 Å². The van der Waals surface area contributed by atoms with E-state index >= 15 is 0 Å². The van der Waals surface area contributed by atoms with Gasteiger partial charge >= 0.3 is 6.18 Å². The Hall–Kier alpha value is -1.41. The fourth-order valence-corrected chi connectivity index (χ4v) is 3.64. The van der Waals surface area contributed by atoms with Crippen LogP contribution in [0.15, 0.2) is 33.8 Å². The Balaban J connectivity index is 2.02. The van der Waals surface area contributed by atoms with E-state index in [1.165, 1.54) is 12.1 Å². The summed E-state index contributed by atoms with van der Waals surface area (Å²) in [5.41, 5.74) is -2.79. The minimum absolute atomic E-state index is 0.0863. The molecular weight excluding hydrogens is 389 g/mol. The molecule has 1 aliphatic carbocycles. The van der Waals surface area contributed by atoms with E-state index in [4.69, 9.17) is 0 Å². The average molecular weight is 405 g/mol.